The molecule has 0 radical (unpaired) electrons. The molecule has 10 nitrogen and oxygen atoms in total. The molecule has 5 heterocycles. The molecule has 5 aromatic rings. The molecule has 2 aromatic carbocycles. The summed E-state index contributed by atoms with van der Waals surface area (Å²) in [6, 6.07) is 20.1. The van der Waals surface area contributed by atoms with Crippen molar-refractivity contribution in [2.45, 2.75) is 45.0 Å². The number of likely N-dealkylation sites (tertiary alicyclic amines) is 1. The molecular weight excluding hydrogens is 640 g/mol. The second-order valence-electron chi connectivity index (χ2n) is 13.1. The van der Waals surface area contributed by atoms with E-state index in [1.54, 1.807) is 23.9 Å². The molecule has 2 aliphatic heterocycles. The van der Waals surface area contributed by atoms with Crippen LogP contribution in [0.3, 0.4) is 0 Å². The summed E-state index contributed by atoms with van der Waals surface area (Å²) in [6.45, 7) is 5.15. The number of halogens is 1. The van der Waals surface area contributed by atoms with Crippen molar-refractivity contribution >= 4 is 23.2 Å². The van der Waals surface area contributed by atoms with Gasteiger partial charge in [-0.05, 0) is 60.8 Å². The summed E-state index contributed by atoms with van der Waals surface area (Å²) >= 11 is 7.13. The van der Waals surface area contributed by atoms with Gasteiger partial charge in [0.25, 0.3) is 5.56 Å². The van der Waals surface area contributed by atoms with Crippen molar-refractivity contribution in [3.63, 3.8) is 0 Å². The molecule has 49 heavy (non-hydrogen) atoms. The minimum Gasteiger partial charge on any atom is -0.481 e. The van der Waals surface area contributed by atoms with Crippen molar-refractivity contribution in [1.29, 1.82) is 0 Å². The molecule has 2 N–H and O–H groups in total. The van der Waals surface area contributed by atoms with Gasteiger partial charge in [0.1, 0.15) is 5.65 Å². The Kier molecular flexibility index (Phi) is 9.21. The normalized spacial score (nSPS) is 16.7. The zero-order valence-electron chi connectivity index (χ0n) is 27.8. The van der Waals surface area contributed by atoms with Crippen molar-refractivity contribution in [3.8, 4) is 39.4 Å². The van der Waals surface area contributed by atoms with E-state index in [9.17, 15) is 14.7 Å². The van der Waals surface area contributed by atoms with Gasteiger partial charge in [-0.2, -0.15) is 0 Å². The summed E-state index contributed by atoms with van der Waals surface area (Å²) in [5, 5.41) is 13.2. The van der Waals surface area contributed by atoms with Crippen molar-refractivity contribution in [1.82, 2.24) is 29.5 Å². The number of nitrogens with zero attached hydrogens (tertiary/aromatic N) is 5. The van der Waals surface area contributed by atoms with Crippen LogP contribution in [0, 0.1) is 6.92 Å². The molecular formula is C38H39ClN6O4. The summed E-state index contributed by atoms with van der Waals surface area (Å²) in [4.78, 5) is 38.7. The molecule has 252 valence electrons. The lowest BCUT2D eigenvalue weighted by atomic mass is 9.92. The van der Waals surface area contributed by atoms with E-state index in [1.807, 2.05) is 60.5 Å². The number of aliphatic hydroxyl groups is 1. The van der Waals surface area contributed by atoms with Gasteiger partial charge in [-0.15, -0.1) is 0 Å². The largest absolute Gasteiger partial charge is 0.481 e. The molecule has 2 fully saturated rings. The van der Waals surface area contributed by atoms with Gasteiger partial charge in [-0.3, -0.25) is 23.8 Å². The monoisotopic (exact) mass is 678 g/mol. The van der Waals surface area contributed by atoms with Crippen LogP contribution < -0.4 is 15.6 Å². The fourth-order valence-corrected chi connectivity index (χ4v) is 7.27. The minimum atomic E-state index is -0.268. The highest BCUT2D eigenvalue weighted by Crippen LogP contribution is 2.40. The number of methoxy groups -OCH3 is 1. The average molecular weight is 679 g/mol. The van der Waals surface area contributed by atoms with Crippen molar-refractivity contribution < 1.29 is 14.6 Å². The third-order valence-electron chi connectivity index (χ3n) is 9.51. The number of pyridine rings is 2. The maximum Gasteiger partial charge on any atom is 0.262 e. The number of fused-ring (bicyclic) bond motifs is 1. The molecule has 7 rings (SSSR count). The predicted molar refractivity (Wildman–Crippen MR) is 191 cm³/mol. The highest BCUT2D eigenvalue weighted by atomic mass is 35.5. The Morgan fingerprint density at radius 1 is 1.02 bits per heavy atom. The molecule has 0 unspecified atom stereocenters. The number of aromatic nitrogens is 3. The zero-order valence-corrected chi connectivity index (χ0v) is 28.6. The number of carbonyl (C=O) groups is 1. The molecule has 0 spiro atoms. The van der Waals surface area contributed by atoms with Gasteiger partial charge in [-0.1, -0.05) is 54.1 Å². The third kappa shape index (κ3) is 6.69. The molecule has 2 saturated heterocycles. The molecule has 2 aliphatic rings. The number of amides is 1. The predicted octanol–water partition coefficient (Wildman–Crippen LogP) is 4.95. The molecule has 1 amide bonds. The number of aliphatic hydroxyl groups excluding tert-OH is 1. The topological polar surface area (TPSA) is 112 Å². The van der Waals surface area contributed by atoms with Crippen LogP contribution in [0.15, 0.2) is 77.9 Å². The number of hydrogen-bond donors (Lipinski definition) is 2. The second-order valence-corrected chi connectivity index (χ2v) is 13.5. The third-order valence-corrected chi connectivity index (χ3v) is 9.92. The SMILES string of the molecule is COc1nc(-c2cccc(-c3cccc(-c4ccn5c(=O)c(CN(C)C[C@@H]6CCC(=O)N6)cnc5c4)c3C)c2Cl)ccc1CN1CC(O)C1. The van der Waals surface area contributed by atoms with Crippen LogP contribution in [0.5, 0.6) is 5.88 Å². The summed E-state index contributed by atoms with van der Waals surface area (Å²) in [6.07, 6.45) is 4.54. The average Bonchev–Trinajstić information content (AvgIpc) is 3.49. The van der Waals surface area contributed by atoms with Gasteiger partial charge in [-0.25, -0.2) is 9.97 Å². The summed E-state index contributed by atoms with van der Waals surface area (Å²) in [5.41, 5.74) is 8.41. The second kappa shape index (κ2) is 13.7. The van der Waals surface area contributed by atoms with Crippen LogP contribution >= 0.6 is 11.6 Å². The van der Waals surface area contributed by atoms with Gasteiger partial charge in [0, 0.05) is 74.3 Å². The van der Waals surface area contributed by atoms with E-state index in [4.69, 9.17) is 21.3 Å². The standard InChI is InChI=1S/C38H39ClN6O4/c1-23-29(24-14-15-45-34(16-24)40-17-26(38(45)48)18-43(2)20-27-11-13-35(47)41-27)6-4-7-30(23)31-8-5-9-32(36(31)39)33-12-10-25(37(42-33)49-3)19-44-21-28(46)22-44/h4-10,12,14-17,27-28,46H,11,13,18-22H2,1-3H3,(H,41,47)/t27-/m0/s1. The van der Waals surface area contributed by atoms with Crippen LogP contribution in [-0.2, 0) is 17.9 Å². The maximum absolute atomic E-state index is 13.4. The summed E-state index contributed by atoms with van der Waals surface area (Å²) < 4.78 is 7.23. The maximum atomic E-state index is 13.4. The first-order valence-corrected chi connectivity index (χ1v) is 16.9. The van der Waals surface area contributed by atoms with Crippen molar-refractivity contribution in [2.24, 2.45) is 0 Å². The fourth-order valence-electron chi connectivity index (χ4n) is 6.94. The van der Waals surface area contributed by atoms with Crippen molar-refractivity contribution in [2.75, 3.05) is 33.8 Å². The Morgan fingerprint density at radius 3 is 2.51 bits per heavy atom. The molecule has 3 aromatic heterocycles. The van der Waals surface area contributed by atoms with Crippen LogP contribution in [0.1, 0.15) is 29.5 Å². The van der Waals surface area contributed by atoms with E-state index in [0.29, 0.717) is 67.0 Å². The first kappa shape index (κ1) is 32.9. The number of nitrogens with one attached hydrogen (secondary N) is 1. The highest BCUT2D eigenvalue weighted by molar-refractivity contribution is 6.36. The van der Waals surface area contributed by atoms with Gasteiger partial charge in [0.2, 0.25) is 11.8 Å². The van der Waals surface area contributed by atoms with Crippen LogP contribution in [0.25, 0.3) is 39.2 Å². The van der Waals surface area contributed by atoms with Crippen LogP contribution in [0.4, 0.5) is 0 Å². The lowest BCUT2D eigenvalue weighted by Crippen LogP contribution is -2.49. The number of ether oxygens (including phenoxy) is 1. The van der Waals surface area contributed by atoms with E-state index >= 15 is 0 Å². The Balaban J connectivity index is 1.15. The number of rotatable bonds is 10. The minimum absolute atomic E-state index is 0.0831. The molecule has 11 heteroatoms. The number of likely N-dealkylation sites (N-methyl/N-ethyl adjacent to an activating group) is 1. The Labute approximate surface area is 290 Å². The first-order chi connectivity index (χ1) is 23.7. The zero-order chi connectivity index (χ0) is 34.2. The van der Waals surface area contributed by atoms with E-state index in [2.05, 4.69) is 34.3 Å². The van der Waals surface area contributed by atoms with Gasteiger partial charge in [0.05, 0.1) is 29.5 Å². The van der Waals surface area contributed by atoms with E-state index in [1.165, 1.54) is 0 Å². The van der Waals surface area contributed by atoms with Gasteiger partial charge >= 0.3 is 0 Å². The quantitative estimate of drug-likeness (QED) is 0.214. The number of carbonyl (C=O) groups excluding carboxylic acids is 1. The summed E-state index contributed by atoms with van der Waals surface area (Å²) in [5.74, 6) is 0.625. The number of β-amino-alcohol motifs (C(OH)–C–C–N with tert-alkyl or cyclic N) is 1. The van der Waals surface area contributed by atoms with E-state index in [0.717, 1.165) is 45.4 Å². The Hall–Kier alpha value is -4.61. The van der Waals surface area contributed by atoms with E-state index < -0.39 is 0 Å². The van der Waals surface area contributed by atoms with Crippen LogP contribution in [-0.4, -0.2) is 81.1 Å². The smallest absolute Gasteiger partial charge is 0.262 e. The van der Waals surface area contributed by atoms with Crippen molar-refractivity contribution in [3.05, 3.63) is 105 Å². The van der Waals surface area contributed by atoms with Gasteiger partial charge < -0.3 is 15.2 Å². The molecule has 1 atom stereocenters. The van der Waals surface area contributed by atoms with Gasteiger partial charge in [0.15, 0.2) is 0 Å². The molecule has 0 bridgehead atoms. The Bertz CT molecular complexity index is 2110. The molecule has 0 saturated carbocycles. The lowest BCUT2D eigenvalue weighted by molar-refractivity contribution is -0.119. The molecule has 0 aliphatic carbocycles. The summed E-state index contributed by atoms with van der Waals surface area (Å²) in [7, 11) is 3.57. The fraction of sp³-hybridized carbons (Fsp3) is 0.316. The Morgan fingerprint density at radius 2 is 1.78 bits per heavy atom. The van der Waals surface area contributed by atoms with Crippen LogP contribution in [0.2, 0.25) is 5.02 Å². The van der Waals surface area contributed by atoms with E-state index in [-0.39, 0.29) is 23.6 Å². The lowest BCUT2D eigenvalue weighted by Gasteiger charge is -2.35. The highest BCUT2D eigenvalue weighted by Gasteiger charge is 2.26. The number of benzene rings is 2. The first-order valence-electron chi connectivity index (χ1n) is 16.5. The number of hydrogen-bond acceptors (Lipinski definition) is 8.